The van der Waals surface area contributed by atoms with E-state index in [9.17, 15) is 0 Å². The van der Waals surface area contributed by atoms with Crippen LogP contribution < -0.4 is 4.90 Å². The van der Waals surface area contributed by atoms with Crippen molar-refractivity contribution in [2.45, 2.75) is 5.92 Å². The SMILES string of the molecule is c1ccc(C2CN(c3ccc(-c4ccc(-n5c6ccccc6c6c7oc8ccccc8c7ccc65)cc4)cc3)c3ccccc32)cc1. The van der Waals surface area contributed by atoms with Crippen LogP contribution in [0.3, 0.4) is 0 Å². The molecule has 0 bridgehead atoms. The van der Waals surface area contributed by atoms with E-state index in [1.165, 1.54) is 44.5 Å². The van der Waals surface area contributed by atoms with Gasteiger partial charge in [-0.2, -0.15) is 0 Å². The van der Waals surface area contributed by atoms with Crippen LogP contribution in [0.25, 0.3) is 60.6 Å². The predicted octanol–water partition coefficient (Wildman–Crippen LogP) is 11.6. The number of para-hydroxylation sites is 3. The fraction of sp³-hybridized carbons (Fsp3) is 0.0455. The number of furan rings is 1. The fourth-order valence-electron chi connectivity index (χ4n) is 7.77. The Hall–Kier alpha value is -6.06. The molecule has 1 aliphatic rings. The molecule has 0 amide bonds. The highest BCUT2D eigenvalue weighted by Crippen LogP contribution is 2.44. The molecule has 1 unspecified atom stereocenters. The maximum Gasteiger partial charge on any atom is 0.145 e. The Kier molecular flexibility index (Phi) is 5.70. The summed E-state index contributed by atoms with van der Waals surface area (Å²) in [6.45, 7) is 0.941. The summed E-state index contributed by atoms with van der Waals surface area (Å²) in [6.07, 6.45) is 0. The van der Waals surface area contributed by atoms with E-state index in [0.29, 0.717) is 5.92 Å². The van der Waals surface area contributed by atoms with E-state index in [1.807, 2.05) is 6.07 Å². The number of aromatic nitrogens is 1. The van der Waals surface area contributed by atoms with Crippen LogP contribution >= 0.6 is 0 Å². The molecule has 0 aliphatic carbocycles. The van der Waals surface area contributed by atoms with Gasteiger partial charge in [-0.3, -0.25) is 0 Å². The monoisotopic (exact) mass is 602 g/mol. The van der Waals surface area contributed by atoms with Crippen LogP contribution in [0.1, 0.15) is 17.0 Å². The number of anilines is 2. The van der Waals surface area contributed by atoms with Gasteiger partial charge in [0.05, 0.1) is 16.4 Å². The van der Waals surface area contributed by atoms with Gasteiger partial charge in [-0.25, -0.2) is 0 Å². The lowest BCUT2D eigenvalue weighted by Gasteiger charge is -2.21. The molecular weight excluding hydrogens is 572 g/mol. The summed E-state index contributed by atoms with van der Waals surface area (Å²) in [5, 5.41) is 4.67. The smallest absolute Gasteiger partial charge is 0.145 e. The average Bonchev–Trinajstić information content (AvgIpc) is 3.82. The Morgan fingerprint density at radius 3 is 1.96 bits per heavy atom. The maximum atomic E-state index is 6.48. The molecule has 3 heteroatoms. The summed E-state index contributed by atoms with van der Waals surface area (Å²) in [5.41, 5.74) is 13.0. The first-order chi connectivity index (χ1) is 23.3. The molecule has 10 rings (SSSR count). The van der Waals surface area contributed by atoms with Crippen molar-refractivity contribution in [2.24, 2.45) is 0 Å². The van der Waals surface area contributed by atoms with Crippen LogP contribution in [-0.2, 0) is 0 Å². The third kappa shape index (κ3) is 4.00. The van der Waals surface area contributed by atoms with Gasteiger partial charge in [0, 0.05) is 45.7 Å². The molecule has 9 aromatic rings. The molecule has 0 saturated carbocycles. The van der Waals surface area contributed by atoms with Crippen molar-refractivity contribution in [3.63, 3.8) is 0 Å². The minimum Gasteiger partial charge on any atom is -0.455 e. The van der Waals surface area contributed by atoms with Gasteiger partial charge in [-0.1, -0.05) is 109 Å². The number of hydrogen-bond donors (Lipinski definition) is 0. The molecular formula is C44H30N2O. The van der Waals surface area contributed by atoms with Crippen molar-refractivity contribution >= 4 is 55.1 Å². The quantitative estimate of drug-likeness (QED) is 0.200. The molecule has 0 fully saturated rings. The van der Waals surface area contributed by atoms with E-state index in [2.05, 4.69) is 167 Å². The zero-order valence-corrected chi connectivity index (χ0v) is 25.7. The van der Waals surface area contributed by atoms with Gasteiger partial charge < -0.3 is 13.9 Å². The van der Waals surface area contributed by atoms with Crippen molar-refractivity contribution in [1.82, 2.24) is 4.57 Å². The van der Waals surface area contributed by atoms with Crippen LogP contribution in [-0.4, -0.2) is 11.1 Å². The van der Waals surface area contributed by atoms with Gasteiger partial charge in [0.2, 0.25) is 0 Å². The summed E-state index contributed by atoms with van der Waals surface area (Å²) in [7, 11) is 0. The molecule has 7 aromatic carbocycles. The van der Waals surface area contributed by atoms with E-state index < -0.39 is 0 Å². The molecule has 47 heavy (non-hydrogen) atoms. The standard InChI is InChI=1S/C44H30N2O/c1-2-10-31(11-3-1)38-28-45(39-15-7-4-12-34(38)39)32-22-18-29(19-23-32)30-20-24-33(25-21-30)46-40-16-8-5-14-37(40)43-41(46)27-26-36-35-13-6-9-17-42(35)47-44(36)43/h1-27,38H,28H2. The Bertz CT molecular complexity index is 2590. The normalized spacial score (nSPS) is 14.5. The Balaban J connectivity index is 1.01. The largest absolute Gasteiger partial charge is 0.455 e. The minimum absolute atomic E-state index is 0.364. The van der Waals surface area contributed by atoms with Crippen LogP contribution in [0.5, 0.6) is 0 Å². The number of hydrogen-bond acceptors (Lipinski definition) is 2. The molecule has 2 aromatic heterocycles. The lowest BCUT2D eigenvalue weighted by atomic mass is 9.93. The third-order valence-electron chi connectivity index (χ3n) is 9.99. The van der Waals surface area contributed by atoms with E-state index >= 15 is 0 Å². The zero-order chi connectivity index (χ0) is 30.9. The van der Waals surface area contributed by atoms with Crippen LogP contribution in [0.15, 0.2) is 168 Å². The molecule has 3 nitrogen and oxygen atoms in total. The molecule has 222 valence electrons. The summed E-state index contributed by atoms with van der Waals surface area (Å²) < 4.78 is 8.84. The summed E-state index contributed by atoms with van der Waals surface area (Å²) in [6, 6.07) is 59.1. The van der Waals surface area contributed by atoms with Crippen LogP contribution in [0, 0.1) is 0 Å². The first-order valence-corrected chi connectivity index (χ1v) is 16.3. The molecule has 3 heterocycles. The van der Waals surface area contributed by atoms with Gasteiger partial charge in [0.1, 0.15) is 11.2 Å². The van der Waals surface area contributed by atoms with Crippen molar-refractivity contribution < 1.29 is 4.42 Å². The highest BCUT2D eigenvalue weighted by Gasteiger charge is 2.30. The Labute approximate surface area is 272 Å². The van der Waals surface area contributed by atoms with Gasteiger partial charge in [0.25, 0.3) is 0 Å². The number of rotatable bonds is 4. The second kappa shape index (κ2) is 10.2. The molecule has 0 radical (unpaired) electrons. The van der Waals surface area contributed by atoms with Gasteiger partial charge in [-0.15, -0.1) is 0 Å². The average molecular weight is 603 g/mol. The summed E-state index contributed by atoms with van der Waals surface area (Å²) in [4.78, 5) is 2.46. The second-order valence-corrected chi connectivity index (χ2v) is 12.5. The molecule has 0 saturated heterocycles. The van der Waals surface area contributed by atoms with E-state index in [4.69, 9.17) is 4.42 Å². The van der Waals surface area contributed by atoms with Gasteiger partial charge in [-0.05, 0) is 76.9 Å². The lowest BCUT2D eigenvalue weighted by molar-refractivity contribution is 0.673. The maximum absolute atomic E-state index is 6.48. The third-order valence-corrected chi connectivity index (χ3v) is 9.99. The molecule has 0 N–H and O–H groups in total. The van der Waals surface area contributed by atoms with Gasteiger partial charge in [0.15, 0.2) is 0 Å². The first kappa shape index (κ1) is 26.2. The van der Waals surface area contributed by atoms with E-state index in [1.54, 1.807) is 0 Å². The van der Waals surface area contributed by atoms with Crippen LogP contribution in [0.2, 0.25) is 0 Å². The van der Waals surface area contributed by atoms with Crippen molar-refractivity contribution in [3.8, 4) is 16.8 Å². The molecule has 0 spiro atoms. The molecule has 1 aliphatic heterocycles. The van der Waals surface area contributed by atoms with Crippen molar-refractivity contribution in [1.29, 1.82) is 0 Å². The van der Waals surface area contributed by atoms with Gasteiger partial charge >= 0.3 is 0 Å². The number of nitrogens with zero attached hydrogens (tertiary/aromatic N) is 2. The summed E-state index contributed by atoms with van der Waals surface area (Å²) in [5.74, 6) is 0.364. The van der Waals surface area contributed by atoms with E-state index in [-0.39, 0.29) is 0 Å². The van der Waals surface area contributed by atoms with Crippen molar-refractivity contribution in [3.05, 3.63) is 175 Å². The fourth-order valence-corrected chi connectivity index (χ4v) is 7.77. The topological polar surface area (TPSA) is 21.3 Å². The summed E-state index contributed by atoms with van der Waals surface area (Å²) >= 11 is 0. The Morgan fingerprint density at radius 2 is 1.15 bits per heavy atom. The van der Waals surface area contributed by atoms with Crippen molar-refractivity contribution in [2.75, 3.05) is 11.4 Å². The highest BCUT2D eigenvalue weighted by atomic mass is 16.3. The molecule has 1 atom stereocenters. The zero-order valence-electron chi connectivity index (χ0n) is 25.7. The second-order valence-electron chi connectivity index (χ2n) is 12.5. The predicted molar refractivity (Wildman–Crippen MR) is 195 cm³/mol. The number of fused-ring (bicyclic) bond motifs is 8. The first-order valence-electron chi connectivity index (χ1n) is 16.3. The number of benzene rings is 7. The highest BCUT2D eigenvalue weighted by molar-refractivity contribution is 6.23. The minimum atomic E-state index is 0.364. The Morgan fingerprint density at radius 1 is 0.489 bits per heavy atom. The van der Waals surface area contributed by atoms with E-state index in [0.717, 1.165) is 45.1 Å². The lowest BCUT2D eigenvalue weighted by Crippen LogP contribution is -2.16. The van der Waals surface area contributed by atoms with Crippen LogP contribution in [0.4, 0.5) is 11.4 Å².